The lowest BCUT2D eigenvalue weighted by Gasteiger charge is -2.30. The van der Waals surface area contributed by atoms with Crippen molar-refractivity contribution in [1.29, 1.82) is 0 Å². The summed E-state index contributed by atoms with van der Waals surface area (Å²) in [6.07, 6.45) is 4.69. The molecule has 0 aliphatic carbocycles. The van der Waals surface area contributed by atoms with Gasteiger partial charge in [-0.1, -0.05) is 15.9 Å². The SMILES string of the molecule is CC(Sc1ccc(Br)cc1)C(=O)NC1CC2CCC(C1)N2. The number of hydrogen-bond donors (Lipinski definition) is 2. The minimum Gasteiger partial charge on any atom is -0.352 e. The number of hydrogen-bond acceptors (Lipinski definition) is 3. The van der Waals surface area contributed by atoms with Gasteiger partial charge in [0, 0.05) is 27.5 Å². The molecular weight excluding hydrogens is 348 g/mol. The topological polar surface area (TPSA) is 41.1 Å². The molecular formula is C16H21BrN2OS. The number of carbonyl (C=O) groups excluding carboxylic acids is 1. The molecule has 2 saturated heterocycles. The fourth-order valence-electron chi connectivity index (χ4n) is 3.26. The lowest BCUT2D eigenvalue weighted by Crippen LogP contribution is -2.49. The molecule has 114 valence electrons. The van der Waals surface area contributed by atoms with Crippen molar-refractivity contribution >= 4 is 33.6 Å². The predicted octanol–water partition coefficient (Wildman–Crippen LogP) is 3.33. The van der Waals surface area contributed by atoms with Crippen molar-refractivity contribution in [1.82, 2.24) is 10.6 Å². The van der Waals surface area contributed by atoms with Gasteiger partial charge >= 0.3 is 0 Å². The Bertz CT molecular complexity index is 496. The number of thioether (sulfide) groups is 1. The molecule has 0 radical (unpaired) electrons. The van der Waals surface area contributed by atoms with E-state index in [-0.39, 0.29) is 11.2 Å². The first-order chi connectivity index (χ1) is 10.1. The summed E-state index contributed by atoms with van der Waals surface area (Å²) in [6, 6.07) is 9.69. The summed E-state index contributed by atoms with van der Waals surface area (Å²) in [5, 5.41) is 6.79. The van der Waals surface area contributed by atoms with Crippen molar-refractivity contribution < 1.29 is 4.79 Å². The van der Waals surface area contributed by atoms with E-state index in [2.05, 4.69) is 26.6 Å². The minimum atomic E-state index is -0.0567. The van der Waals surface area contributed by atoms with Crippen molar-refractivity contribution in [2.75, 3.05) is 0 Å². The standard InChI is InChI=1S/C16H21BrN2OS/c1-10(21-15-6-2-11(17)3-7-15)16(20)19-14-8-12-4-5-13(9-14)18-12/h2-3,6-7,10,12-14,18H,4-5,8-9H2,1H3,(H,19,20). The number of amides is 1. The third kappa shape index (κ3) is 4.02. The van der Waals surface area contributed by atoms with Crippen LogP contribution in [0, 0.1) is 0 Å². The van der Waals surface area contributed by atoms with Crippen LogP contribution in [0.4, 0.5) is 0 Å². The molecule has 3 nitrogen and oxygen atoms in total. The van der Waals surface area contributed by atoms with E-state index < -0.39 is 0 Å². The van der Waals surface area contributed by atoms with E-state index in [1.54, 1.807) is 11.8 Å². The van der Waals surface area contributed by atoms with Gasteiger partial charge in [0.15, 0.2) is 0 Å². The van der Waals surface area contributed by atoms with Crippen molar-refractivity contribution in [3.05, 3.63) is 28.7 Å². The smallest absolute Gasteiger partial charge is 0.233 e. The summed E-state index contributed by atoms with van der Waals surface area (Å²) in [6.45, 7) is 1.98. The Hall–Kier alpha value is -0.520. The molecule has 3 unspecified atom stereocenters. The highest BCUT2D eigenvalue weighted by Crippen LogP contribution is 2.28. The molecule has 2 aliphatic heterocycles. The van der Waals surface area contributed by atoms with Crippen LogP contribution in [0.3, 0.4) is 0 Å². The van der Waals surface area contributed by atoms with Gasteiger partial charge < -0.3 is 10.6 Å². The van der Waals surface area contributed by atoms with E-state index >= 15 is 0 Å². The van der Waals surface area contributed by atoms with Gasteiger partial charge in [0.2, 0.25) is 5.91 Å². The van der Waals surface area contributed by atoms with Gasteiger partial charge in [0.25, 0.3) is 0 Å². The third-order valence-electron chi connectivity index (χ3n) is 4.32. The normalized spacial score (nSPS) is 29.1. The van der Waals surface area contributed by atoms with Crippen LogP contribution in [0.1, 0.15) is 32.6 Å². The zero-order chi connectivity index (χ0) is 14.8. The van der Waals surface area contributed by atoms with Gasteiger partial charge in [0.05, 0.1) is 5.25 Å². The molecule has 2 heterocycles. The number of benzene rings is 1. The van der Waals surface area contributed by atoms with Crippen molar-refractivity contribution in [2.45, 2.75) is 60.9 Å². The summed E-state index contributed by atoms with van der Waals surface area (Å²) >= 11 is 5.05. The number of rotatable bonds is 4. The molecule has 1 aromatic rings. The number of nitrogens with one attached hydrogen (secondary N) is 2. The fraction of sp³-hybridized carbons (Fsp3) is 0.562. The second kappa shape index (κ2) is 6.71. The van der Waals surface area contributed by atoms with Crippen LogP contribution in [-0.2, 0) is 4.79 Å². The Kier molecular flexibility index (Phi) is 4.92. The van der Waals surface area contributed by atoms with Crippen LogP contribution >= 0.6 is 27.7 Å². The molecule has 2 N–H and O–H groups in total. The van der Waals surface area contributed by atoms with E-state index in [0.29, 0.717) is 18.1 Å². The average molecular weight is 369 g/mol. The van der Waals surface area contributed by atoms with Crippen LogP contribution < -0.4 is 10.6 Å². The monoisotopic (exact) mass is 368 g/mol. The lowest BCUT2D eigenvalue weighted by atomic mass is 10.00. The van der Waals surface area contributed by atoms with Crippen LogP contribution in [0.2, 0.25) is 0 Å². The van der Waals surface area contributed by atoms with E-state index in [0.717, 1.165) is 22.2 Å². The zero-order valence-corrected chi connectivity index (χ0v) is 14.5. The Morgan fingerprint density at radius 3 is 2.52 bits per heavy atom. The van der Waals surface area contributed by atoms with Crippen LogP contribution in [0.15, 0.2) is 33.6 Å². The molecule has 3 rings (SSSR count). The van der Waals surface area contributed by atoms with Gasteiger partial charge in [-0.2, -0.15) is 0 Å². The second-order valence-corrected chi connectivity index (χ2v) is 8.36. The Morgan fingerprint density at radius 1 is 1.29 bits per heavy atom. The van der Waals surface area contributed by atoms with E-state index in [9.17, 15) is 4.79 Å². The summed E-state index contributed by atoms with van der Waals surface area (Å²) in [4.78, 5) is 13.5. The summed E-state index contributed by atoms with van der Waals surface area (Å²) < 4.78 is 1.06. The number of piperidine rings is 1. The summed E-state index contributed by atoms with van der Waals surface area (Å²) in [7, 11) is 0. The summed E-state index contributed by atoms with van der Waals surface area (Å²) in [5.41, 5.74) is 0. The van der Waals surface area contributed by atoms with Gasteiger partial charge in [0.1, 0.15) is 0 Å². The van der Waals surface area contributed by atoms with E-state index in [4.69, 9.17) is 0 Å². The molecule has 1 amide bonds. The summed E-state index contributed by atoms with van der Waals surface area (Å²) in [5.74, 6) is 0.161. The van der Waals surface area contributed by atoms with Crippen LogP contribution in [-0.4, -0.2) is 29.3 Å². The number of halogens is 1. The maximum absolute atomic E-state index is 12.4. The number of fused-ring (bicyclic) bond motifs is 2. The lowest BCUT2D eigenvalue weighted by molar-refractivity contribution is -0.121. The van der Waals surface area contributed by atoms with E-state index in [1.165, 1.54) is 12.8 Å². The molecule has 0 aromatic heterocycles. The van der Waals surface area contributed by atoms with Crippen LogP contribution in [0.25, 0.3) is 0 Å². The van der Waals surface area contributed by atoms with Gasteiger partial charge in [-0.3, -0.25) is 4.79 Å². The first kappa shape index (κ1) is 15.4. The highest BCUT2D eigenvalue weighted by atomic mass is 79.9. The third-order valence-corrected chi connectivity index (χ3v) is 5.96. The van der Waals surface area contributed by atoms with Crippen molar-refractivity contribution in [2.24, 2.45) is 0 Å². The first-order valence-corrected chi connectivity index (χ1v) is 9.26. The van der Waals surface area contributed by atoms with Gasteiger partial charge in [-0.15, -0.1) is 11.8 Å². The number of carbonyl (C=O) groups is 1. The quantitative estimate of drug-likeness (QED) is 0.800. The fourth-order valence-corrected chi connectivity index (χ4v) is 4.41. The molecule has 2 bridgehead atoms. The van der Waals surface area contributed by atoms with Gasteiger partial charge in [-0.05, 0) is 56.9 Å². The predicted molar refractivity (Wildman–Crippen MR) is 90.6 cm³/mol. The van der Waals surface area contributed by atoms with Crippen molar-refractivity contribution in [3.63, 3.8) is 0 Å². The minimum absolute atomic E-state index is 0.0567. The highest BCUT2D eigenvalue weighted by molar-refractivity contribution is 9.10. The van der Waals surface area contributed by atoms with Crippen LogP contribution in [0.5, 0.6) is 0 Å². The molecule has 0 spiro atoms. The molecule has 0 saturated carbocycles. The first-order valence-electron chi connectivity index (χ1n) is 7.59. The Balaban J connectivity index is 1.51. The largest absolute Gasteiger partial charge is 0.352 e. The molecule has 21 heavy (non-hydrogen) atoms. The van der Waals surface area contributed by atoms with Crippen molar-refractivity contribution in [3.8, 4) is 0 Å². The highest BCUT2D eigenvalue weighted by Gasteiger charge is 2.34. The average Bonchev–Trinajstić information content (AvgIpc) is 2.80. The van der Waals surface area contributed by atoms with Gasteiger partial charge in [-0.25, -0.2) is 0 Å². The molecule has 5 heteroatoms. The molecule has 1 aromatic carbocycles. The Morgan fingerprint density at radius 2 is 1.90 bits per heavy atom. The van der Waals surface area contributed by atoms with E-state index in [1.807, 2.05) is 31.2 Å². The molecule has 2 fully saturated rings. The zero-order valence-electron chi connectivity index (χ0n) is 12.1. The molecule has 2 aliphatic rings. The molecule has 3 atom stereocenters. The Labute approximate surface area is 138 Å². The second-order valence-electron chi connectivity index (χ2n) is 6.03. The maximum atomic E-state index is 12.4. The maximum Gasteiger partial charge on any atom is 0.233 e.